The number of hydrogen-bond acceptors (Lipinski definition) is 5. The summed E-state index contributed by atoms with van der Waals surface area (Å²) in [4.78, 5) is 11.3. The zero-order valence-corrected chi connectivity index (χ0v) is 21.9. The van der Waals surface area contributed by atoms with Crippen LogP contribution in [0.25, 0.3) is 22.0 Å². The summed E-state index contributed by atoms with van der Waals surface area (Å²) in [6.07, 6.45) is 5.91. The molecule has 0 spiro atoms. The fraction of sp³-hybridized carbons (Fsp3) is 0.290. The highest BCUT2D eigenvalue weighted by molar-refractivity contribution is 5.95. The number of anilines is 1. The number of pyridine rings is 1. The van der Waals surface area contributed by atoms with Gasteiger partial charge in [-0.1, -0.05) is 12.1 Å². The van der Waals surface area contributed by atoms with Crippen LogP contribution in [0.5, 0.6) is 23.0 Å². The van der Waals surface area contributed by atoms with E-state index in [-0.39, 0.29) is 12.7 Å². The molecule has 7 heteroatoms. The Morgan fingerprint density at radius 3 is 2.50 bits per heavy atom. The highest BCUT2D eigenvalue weighted by Crippen LogP contribution is 2.43. The number of fused-ring (bicyclic) bond motifs is 5. The number of ether oxygens (including phenoxy) is 4. The second-order valence-corrected chi connectivity index (χ2v) is 9.76. The molecule has 194 valence electrons. The Kier molecular flexibility index (Phi) is 6.27. The van der Waals surface area contributed by atoms with E-state index in [0.29, 0.717) is 0 Å². The Labute approximate surface area is 221 Å². The quantitative estimate of drug-likeness (QED) is 0.344. The van der Waals surface area contributed by atoms with Gasteiger partial charge in [-0.15, -0.1) is 0 Å². The third-order valence-corrected chi connectivity index (χ3v) is 7.41. The maximum atomic E-state index is 11.3. The molecule has 3 aromatic carbocycles. The summed E-state index contributed by atoms with van der Waals surface area (Å²) in [5.74, 6) is 3.05. The number of carbonyl (C=O) groups is 1. The van der Waals surface area contributed by atoms with Crippen LogP contribution in [-0.4, -0.2) is 26.9 Å². The average molecular weight is 512 g/mol. The van der Waals surface area contributed by atoms with Crippen molar-refractivity contribution in [3.05, 3.63) is 71.4 Å². The summed E-state index contributed by atoms with van der Waals surface area (Å²) in [5, 5.41) is 5.05. The van der Waals surface area contributed by atoms with Crippen molar-refractivity contribution in [2.24, 2.45) is 0 Å². The summed E-state index contributed by atoms with van der Waals surface area (Å²) in [5.41, 5.74) is 7.06. The zero-order valence-electron chi connectivity index (χ0n) is 21.9. The minimum absolute atomic E-state index is 0.0640. The van der Waals surface area contributed by atoms with Gasteiger partial charge in [0.15, 0.2) is 35.7 Å². The highest BCUT2D eigenvalue weighted by atomic mass is 16.7. The summed E-state index contributed by atoms with van der Waals surface area (Å²) >= 11 is 0. The van der Waals surface area contributed by atoms with Crippen molar-refractivity contribution in [1.29, 1.82) is 0 Å². The van der Waals surface area contributed by atoms with Crippen LogP contribution in [-0.2, 0) is 30.6 Å². The number of methoxy groups -OCH3 is 2. The van der Waals surface area contributed by atoms with Crippen molar-refractivity contribution in [2.75, 3.05) is 26.3 Å². The first-order valence-electron chi connectivity index (χ1n) is 12.9. The molecule has 38 heavy (non-hydrogen) atoms. The molecule has 4 aromatic rings. The molecular formula is C31H31N2O5+. The molecule has 1 aromatic heterocycles. The van der Waals surface area contributed by atoms with Crippen LogP contribution in [0, 0.1) is 0 Å². The monoisotopic (exact) mass is 511 g/mol. The molecule has 2 aliphatic heterocycles. The molecule has 0 saturated heterocycles. The number of hydrogen-bond donors (Lipinski definition) is 1. The standard InChI is InChI=1S/C31H30N2O5/c1-19(34)32-22-9-7-20(8-10-22)5-4-6-24-23-11-12-27(35-2)31(36-3)26(23)17-33-14-13-21-15-28-29(38-18-37-28)16-25(21)30(24)33/h7-12,15-17H,4-6,13-14,18H2,1-3H3/p+1. The number of nitrogens with one attached hydrogen (secondary N) is 1. The molecule has 0 unspecified atom stereocenters. The topological polar surface area (TPSA) is 69.9 Å². The lowest BCUT2D eigenvalue weighted by molar-refractivity contribution is -0.686. The van der Waals surface area contributed by atoms with Gasteiger partial charge in [0.2, 0.25) is 18.4 Å². The Morgan fingerprint density at radius 1 is 0.974 bits per heavy atom. The van der Waals surface area contributed by atoms with Crippen molar-refractivity contribution in [2.45, 2.75) is 39.2 Å². The van der Waals surface area contributed by atoms with Crippen molar-refractivity contribution in [3.63, 3.8) is 0 Å². The summed E-state index contributed by atoms with van der Waals surface area (Å²) in [7, 11) is 3.37. The van der Waals surface area contributed by atoms with Gasteiger partial charge in [-0.3, -0.25) is 4.79 Å². The molecule has 1 amide bonds. The molecule has 6 rings (SSSR count). The lowest BCUT2D eigenvalue weighted by Crippen LogP contribution is -2.41. The molecular weight excluding hydrogens is 480 g/mol. The van der Waals surface area contributed by atoms with Gasteiger partial charge in [0.25, 0.3) is 0 Å². The summed E-state index contributed by atoms with van der Waals surface area (Å²) in [6, 6.07) is 16.5. The Morgan fingerprint density at radius 2 is 1.76 bits per heavy atom. The van der Waals surface area contributed by atoms with Gasteiger partial charge >= 0.3 is 0 Å². The van der Waals surface area contributed by atoms with Gasteiger partial charge in [0.1, 0.15) is 0 Å². The van der Waals surface area contributed by atoms with Crippen molar-refractivity contribution < 1.29 is 28.3 Å². The second-order valence-electron chi connectivity index (χ2n) is 9.76. The zero-order chi connectivity index (χ0) is 26.2. The van der Waals surface area contributed by atoms with Crippen LogP contribution in [0.2, 0.25) is 0 Å². The van der Waals surface area contributed by atoms with Gasteiger partial charge < -0.3 is 24.3 Å². The van der Waals surface area contributed by atoms with Crippen molar-refractivity contribution >= 4 is 22.4 Å². The SMILES string of the molecule is COc1ccc2c(CCCc3ccc(NC(C)=O)cc3)c3[n+](cc2c1OC)CCc1cc2c(cc1-3)OCO2. The van der Waals surface area contributed by atoms with Crippen molar-refractivity contribution in [3.8, 4) is 34.3 Å². The molecule has 7 nitrogen and oxygen atoms in total. The number of benzene rings is 3. The van der Waals surface area contributed by atoms with Crippen LogP contribution in [0.15, 0.2) is 54.7 Å². The van der Waals surface area contributed by atoms with E-state index in [2.05, 4.69) is 46.4 Å². The van der Waals surface area contributed by atoms with Gasteiger partial charge in [-0.05, 0) is 66.8 Å². The number of aromatic nitrogens is 1. The first kappa shape index (κ1) is 24.1. The Bertz CT molecular complexity index is 1550. The van der Waals surface area contributed by atoms with Crippen LogP contribution in [0.4, 0.5) is 5.69 Å². The van der Waals surface area contributed by atoms with E-state index >= 15 is 0 Å². The Balaban J connectivity index is 1.41. The van der Waals surface area contributed by atoms with Crippen molar-refractivity contribution in [1.82, 2.24) is 0 Å². The third-order valence-electron chi connectivity index (χ3n) is 7.41. The molecule has 0 fully saturated rings. The van der Waals surface area contributed by atoms with E-state index in [9.17, 15) is 4.79 Å². The van der Waals surface area contributed by atoms with Gasteiger partial charge in [0.05, 0.1) is 25.2 Å². The Hall–Kier alpha value is -4.26. The third kappa shape index (κ3) is 4.28. The largest absolute Gasteiger partial charge is 0.493 e. The summed E-state index contributed by atoms with van der Waals surface area (Å²) in [6.45, 7) is 2.66. The summed E-state index contributed by atoms with van der Waals surface area (Å²) < 4.78 is 25.2. The van der Waals surface area contributed by atoms with Crippen LogP contribution >= 0.6 is 0 Å². The van der Waals surface area contributed by atoms with Gasteiger partial charge in [-0.25, -0.2) is 0 Å². The van der Waals surface area contributed by atoms with E-state index in [1.807, 2.05) is 18.2 Å². The van der Waals surface area contributed by atoms with Crippen LogP contribution < -0.4 is 28.8 Å². The van der Waals surface area contributed by atoms with E-state index < -0.39 is 0 Å². The number of rotatable bonds is 7. The van der Waals surface area contributed by atoms with E-state index in [0.717, 1.165) is 66.3 Å². The molecule has 0 saturated carbocycles. The first-order chi connectivity index (χ1) is 18.6. The second kappa shape index (κ2) is 9.89. The lowest BCUT2D eigenvalue weighted by Gasteiger charge is -2.21. The number of aryl methyl sites for hydroxylation is 4. The minimum atomic E-state index is -0.0640. The molecule has 0 atom stereocenters. The normalized spacial score (nSPS) is 13.1. The molecule has 0 aliphatic carbocycles. The maximum absolute atomic E-state index is 11.3. The van der Waals surface area contributed by atoms with Crippen LogP contribution in [0.1, 0.15) is 30.0 Å². The average Bonchev–Trinajstić information content (AvgIpc) is 3.38. The number of nitrogens with zero attached hydrogens (tertiary/aromatic N) is 1. The van der Waals surface area contributed by atoms with Crippen LogP contribution in [0.3, 0.4) is 0 Å². The fourth-order valence-corrected chi connectivity index (χ4v) is 5.69. The van der Waals surface area contributed by atoms with Gasteiger partial charge in [0, 0.05) is 30.0 Å². The predicted molar refractivity (Wildman–Crippen MR) is 145 cm³/mol. The molecule has 3 heterocycles. The number of carbonyl (C=O) groups excluding carboxylic acids is 1. The predicted octanol–water partition coefficient (Wildman–Crippen LogP) is 5.23. The highest BCUT2D eigenvalue weighted by Gasteiger charge is 2.32. The molecule has 1 N–H and O–H groups in total. The minimum Gasteiger partial charge on any atom is -0.493 e. The lowest BCUT2D eigenvalue weighted by atomic mass is 9.89. The van der Waals surface area contributed by atoms with E-state index in [1.54, 1.807) is 14.2 Å². The smallest absolute Gasteiger partial charge is 0.231 e. The maximum Gasteiger partial charge on any atom is 0.231 e. The number of amides is 1. The van der Waals surface area contributed by atoms with E-state index in [4.69, 9.17) is 18.9 Å². The molecule has 0 radical (unpaired) electrons. The first-order valence-corrected chi connectivity index (χ1v) is 12.9. The fourth-order valence-electron chi connectivity index (χ4n) is 5.69. The van der Waals surface area contributed by atoms with Gasteiger partial charge in [-0.2, -0.15) is 4.57 Å². The molecule has 2 aliphatic rings. The molecule has 0 bridgehead atoms. The van der Waals surface area contributed by atoms with E-state index in [1.165, 1.54) is 40.3 Å².